The fraction of sp³-hybridized carbons (Fsp3) is 0. The van der Waals surface area contributed by atoms with E-state index in [-0.39, 0.29) is 0 Å². The van der Waals surface area contributed by atoms with Crippen LogP contribution in [0.3, 0.4) is 0 Å². The van der Waals surface area contributed by atoms with Crippen LogP contribution in [0.2, 0.25) is 5.02 Å². The number of rotatable bonds is 2. The molecule has 0 aliphatic rings. The molecule has 0 saturated carbocycles. The summed E-state index contributed by atoms with van der Waals surface area (Å²) in [6.45, 7) is 0. The number of hydrogen-bond acceptors (Lipinski definition) is 5. The Balaban J connectivity index is 2.09. The standard InChI is InChI=1S/C12H6ClN5S/c13-8-2-1-3-9(7(8)4-14)19-12-10-11(16-5-15-10)17-6-18-12/h1-3,5-6H,(H,15,16,17,18). The monoisotopic (exact) mass is 287 g/mol. The topological polar surface area (TPSA) is 78.2 Å². The normalized spacial score (nSPS) is 10.5. The molecule has 92 valence electrons. The van der Waals surface area contributed by atoms with E-state index in [1.165, 1.54) is 18.1 Å². The minimum Gasteiger partial charge on any atom is -0.341 e. The van der Waals surface area contributed by atoms with Crippen molar-refractivity contribution in [2.75, 3.05) is 0 Å². The Morgan fingerprint density at radius 1 is 1.26 bits per heavy atom. The number of nitrogens with zero attached hydrogens (tertiary/aromatic N) is 4. The Morgan fingerprint density at radius 3 is 3.00 bits per heavy atom. The van der Waals surface area contributed by atoms with Crippen molar-refractivity contribution < 1.29 is 0 Å². The number of nitriles is 1. The SMILES string of the molecule is N#Cc1c(Cl)cccc1Sc1ncnc2nc[nH]c12. The van der Waals surface area contributed by atoms with Crippen molar-refractivity contribution in [2.24, 2.45) is 0 Å². The molecule has 0 amide bonds. The Hall–Kier alpha value is -2.10. The van der Waals surface area contributed by atoms with Crippen molar-refractivity contribution in [3.8, 4) is 6.07 Å². The zero-order valence-corrected chi connectivity index (χ0v) is 11.0. The van der Waals surface area contributed by atoms with Crippen LogP contribution in [0.25, 0.3) is 11.2 Å². The number of halogens is 1. The average Bonchev–Trinajstić information content (AvgIpc) is 2.88. The predicted octanol–water partition coefficient (Wildman–Crippen LogP) is 3.03. The van der Waals surface area contributed by atoms with Gasteiger partial charge in [0.25, 0.3) is 0 Å². The molecule has 1 N–H and O–H groups in total. The Bertz CT molecular complexity index is 792. The van der Waals surface area contributed by atoms with Crippen molar-refractivity contribution >= 4 is 34.5 Å². The highest BCUT2D eigenvalue weighted by Crippen LogP contribution is 2.34. The molecule has 0 unspecified atom stereocenters. The molecule has 3 aromatic rings. The van der Waals surface area contributed by atoms with E-state index in [9.17, 15) is 0 Å². The van der Waals surface area contributed by atoms with Crippen LogP contribution in [0.15, 0.2) is 40.8 Å². The molecule has 0 saturated heterocycles. The minimum absolute atomic E-state index is 0.433. The quantitative estimate of drug-likeness (QED) is 0.733. The highest BCUT2D eigenvalue weighted by atomic mass is 35.5. The number of benzene rings is 1. The molecule has 0 spiro atoms. The summed E-state index contributed by atoms with van der Waals surface area (Å²) >= 11 is 7.36. The molecule has 0 atom stereocenters. The van der Waals surface area contributed by atoms with Gasteiger partial charge in [-0.05, 0) is 12.1 Å². The predicted molar refractivity (Wildman–Crippen MR) is 72.0 cm³/mol. The van der Waals surface area contributed by atoms with Gasteiger partial charge in [-0.15, -0.1) is 0 Å². The van der Waals surface area contributed by atoms with Gasteiger partial charge in [-0.2, -0.15) is 5.26 Å². The highest BCUT2D eigenvalue weighted by molar-refractivity contribution is 7.99. The highest BCUT2D eigenvalue weighted by Gasteiger charge is 2.12. The molecule has 1 aromatic carbocycles. The summed E-state index contributed by atoms with van der Waals surface area (Å²) in [5, 5.41) is 10.3. The molecule has 3 rings (SSSR count). The second kappa shape index (κ2) is 4.88. The Kier molecular flexibility index (Phi) is 3.07. The first-order chi connectivity index (χ1) is 9.29. The first-order valence-corrected chi connectivity index (χ1v) is 6.49. The smallest absolute Gasteiger partial charge is 0.181 e. The van der Waals surface area contributed by atoms with Gasteiger partial charge in [0.15, 0.2) is 5.65 Å². The summed E-state index contributed by atoms with van der Waals surface area (Å²) in [4.78, 5) is 16.1. The number of imidazole rings is 1. The number of hydrogen-bond donors (Lipinski definition) is 1. The van der Waals surface area contributed by atoms with E-state index in [1.54, 1.807) is 18.5 Å². The van der Waals surface area contributed by atoms with Gasteiger partial charge in [-0.3, -0.25) is 0 Å². The van der Waals surface area contributed by atoms with Gasteiger partial charge < -0.3 is 4.98 Å². The van der Waals surface area contributed by atoms with Gasteiger partial charge in [-0.1, -0.05) is 29.4 Å². The molecule has 0 aliphatic carbocycles. The van der Waals surface area contributed by atoms with Gasteiger partial charge >= 0.3 is 0 Å². The second-order valence-corrected chi connectivity index (χ2v) is 5.04. The fourth-order valence-electron chi connectivity index (χ4n) is 1.62. The summed E-state index contributed by atoms with van der Waals surface area (Å²) < 4.78 is 0. The molecule has 2 heterocycles. The molecular formula is C12H6ClN5S. The third-order valence-corrected chi connectivity index (χ3v) is 3.86. The van der Waals surface area contributed by atoms with Crippen LogP contribution in [0.4, 0.5) is 0 Å². The van der Waals surface area contributed by atoms with Crippen LogP contribution < -0.4 is 0 Å². The van der Waals surface area contributed by atoms with Crippen LogP contribution in [-0.2, 0) is 0 Å². The lowest BCUT2D eigenvalue weighted by molar-refractivity contribution is 1.08. The Labute approximate surface area is 117 Å². The van der Waals surface area contributed by atoms with E-state index >= 15 is 0 Å². The summed E-state index contributed by atoms with van der Waals surface area (Å²) in [6, 6.07) is 7.43. The first kappa shape index (κ1) is 12.0. The molecule has 0 fully saturated rings. The van der Waals surface area contributed by atoms with Crippen LogP contribution in [0.5, 0.6) is 0 Å². The van der Waals surface area contributed by atoms with Crippen molar-refractivity contribution in [3.05, 3.63) is 41.4 Å². The number of H-pyrrole nitrogens is 1. The average molecular weight is 288 g/mol. The van der Waals surface area contributed by atoms with Crippen molar-refractivity contribution in [1.82, 2.24) is 19.9 Å². The minimum atomic E-state index is 0.433. The van der Waals surface area contributed by atoms with Gasteiger partial charge in [0.05, 0.1) is 16.9 Å². The van der Waals surface area contributed by atoms with Gasteiger partial charge in [0.1, 0.15) is 22.9 Å². The third kappa shape index (κ3) is 2.14. The fourth-order valence-corrected chi connectivity index (χ4v) is 2.86. The molecule has 2 aromatic heterocycles. The van der Waals surface area contributed by atoms with Gasteiger partial charge in [0, 0.05) is 4.90 Å². The van der Waals surface area contributed by atoms with E-state index in [2.05, 4.69) is 26.0 Å². The zero-order valence-electron chi connectivity index (χ0n) is 9.46. The molecule has 0 radical (unpaired) electrons. The largest absolute Gasteiger partial charge is 0.341 e. The lowest BCUT2D eigenvalue weighted by Crippen LogP contribution is -1.88. The maximum atomic E-state index is 9.15. The molecule has 0 aliphatic heterocycles. The third-order valence-electron chi connectivity index (χ3n) is 2.48. The first-order valence-electron chi connectivity index (χ1n) is 5.30. The Morgan fingerprint density at radius 2 is 2.16 bits per heavy atom. The van der Waals surface area contributed by atoms with Gasteiger partial charge in [0.2, 0.25) is 0 Å². The van der Waals surface area contributed by atoms with E-state index in [0.29, 0.717) is 21.3 Å². The van der Waals surface area contributed by atoms with Crippen LogP contribution in [0, 0.1) is 11.3 Å². The molecule has 7 heteroatoms. The van der Waals surface area contributed by atoms with E-state index in [4.69, 9.17) is 16.9 Å². The molecular weight excluding hydrogens is 282 g/mol. The van der Waals surface area contributed by atoms with Crippen LogP contribution in [0.1, 0.15) is 5.56 Å². The van der Waals surface area contributed by atoms with Crippen molar-refractivity contribution in [2.45, 2.75) is 9.92 Å². The zero-order chi connectivity index (χ0) is 13.2. The van der Waals surface area contributed by atoms with Crippen molar-refractivity contribution in [1.29, 1.82) is 5.26 Å². The maximum Gasteiger partial charge on any atom is 0.181 e. The number of aromatic nitrogens is 4. The van der Waals surface area contributed by atoms with Crippen LogP contribution in [-0.4, -0.2) is 19.9 Å². The molecule has 19 heavy (non-hydrogen) atoms. The summed E-state index contributed by atoms with van der Waals surface area (Å²) in [6.07, 6.45) is 3.01. The van der Waals surface area contributed by atoms with E-state index in [0.717, 1.165) is 10.4 Å². The molecule has 0 bridgehead atoms. The second-order valence-electron chi connectivity index (χ2n) is 3.61. The van der Waals surface area contributed by atoms with E-state index in [1.807, 2.05) is 6.07 Å². The number of aromatic amines is 1. The van der Waals surface area contributed by atoms with Crippen molar-refractivity contribution in [3.63, 3.8) is 0 Å². The summed E-state index contributed by atoms with van der Waals surface area (Å²) in [5.74, 6) is 0. The summed E-state index contributed by atoms with van der Waals surface area (Å²) in [5.41, 5.74) is 1.79. The summed E-state index contributed by atoms with van der Waals surface area (Å²) in [7, 11) is 0. The lowest BCUT2D eigenvalue weighted by Gasteiger charge is -2.04. The maximum absolute atomic E-state index is 9.15. The van der Waals surface area contributed by atoms with Crippen LogP contribution >= 0.6 is 23.4 Å². The van der Waals surface area contributed by atoms with E-state index < -0.39 is 0 Å². The number of fused-ring (bicyclic) bond motifs is 1. The lowest BCUT2D eigenvalue weighted by atomic mass is 10.2. The number of nitrogens with one attached hydrogen (secondary N) is 1. The molecule has 5 nitrogen and oxygen atoms in total. The van der Waals surface area contributed by atoms with Gasteiger partial charge in [-0.25, -0.2) is 15.0 Å².